The van der Waals surface area contributed by atoms with Gasteiger partial charge in [-0.15, -0.1) is 0 Å². The molecule has 2 amide bonds. The lowest BCUT2D eigenvalue weighted by atomic mass is 10.0. The molecule has 25 heavy (non-hydrogen) atoms. The van der Waals surface area contributed by atoms with E-state index in [4.69, 9.17) is 0 Å². The minimum atomic E-state index is -0.241. The first kappa shape index (κ1) is 17.1. The average molecular weight is 341 g/mol. The molecule has 0 saturated carbocycles. The predicted octanol–water partition coefficient (Wildman–Crippen LogP) is 1.66. The Morgan fingerprint density at radius 2 is 2.08 bits per heavy atom. The number of hydrogen-bond donors (Lipinski definition) is 0. The third-order valence-corrected chi connectivity index (χ3v) is 4.93. The van der Waals surface area contributed by atoms with Crippen molar-refractivity contribution in [2.24, 2.45) is 5.92 Å². The molecule has 0 bridgehead atoms. The molecule has 0 radical (unpaired) electrons. The van der Waals surface area contributed by atoms with Crippen molar-refractivity contribution in [2.45, 2.75) is 26.3 Å². The zero-order valence-electron chi connectivity index (χ0n) is 14.8. The van der Waals surface area contributed by atoms with E-state index < -0.39 is 0 Å². The fourth-order valence-electron chi connectivity index (χ4n) is 3.19. The van der Waals surface area contributed by atoms with Gasteiger partial charge >= 0.3 is 0 Å². The van der Waals surface area contributed by atoms with Crippen LogP contribution in [0.15, 0.2) is 36.9 Å². The maximum Gasteiger partial charge on any atom is 0.228 e. The number of carbonyl (C=O) groups is 2. The van der Waals surface area contributed by atoms with Gasteiger partial charge in [0.15, 0.2) is 0 Å². The van der Waals surface area contributed by atoms with Gasteiger partial charge in [-0.2, -0.15) is 5.10 Å². The summed E-state index contributed by atoms with van der Waals surface area (Å²) in [6.07, 6.45) is 3.45. The molecule has 2 aromatic rings. The highest BCUT2D eigenvalue weighted by Crippen LogP contribution is 2.25. The zero-order chi connectivity index (χ0) is 18.0. The summed E-state index contributed by atoms with van der Waals surface area (Å²) in [7, 11) is 1.80. The van der Waals surface area contributed by atoms with Gasteiger partial charge in [0.1, 0.15) is 12.7 Å². The van der Waals surface area contributed by atoms with E-state index >= 15 is 0 Å². The Morgan fingerprint density at radius 1 is 1.36 bits per heavy atom. The summed E-state index contributed by atoms with van der Waals surface area (Å²) in [5, 5.41) is 4.10. The van der Waals surface area contributed by atoms with Crippen molar-refractivity contribution in [1.29, 1.82) is 0 Å². The Kier molecular flexibility index (Phi) is 4.83. The van der Waals surface area contributed by atoms with Gasteiger partial charge in [-0.25, -0.2) is 9.67 Å². The van der Waals surface area contributed by atoms with Crippen LogP contribution >= 0.6 is 0 Å². The van der Waals surface area contributed by atoms with E-state index in [1.807, 2.05) is 38.1 Å². The van der Waals surface area contributed by atoms with Crippen molar-refractivity contribution < 1.29 is 9.59 Å². The van der Waals surface area contributed by atoms with Crippen molar-refractivity contribution in [3.63, 3.8) is 0 Å². The zero-order valence-corrected chi connectivity index (χ0v) is 14.8. The van der Waals surface area contributed by atoms with Crippen LogP contribution in [0.25, 0.3) is 5.69 Å². The Morgan fingerprint density at radius 3 is 2.64 bits per heavy atom. The molecule has 1 fully saturated rings. The summed E-state index contributed by atoms with van der Waals surface area (Å²) in [6.45, 7) is 5.12. The van der Waals surface area contributed by atoms with Crippen molar-refractivity contribution in [1.82, 2.24) is 24.6 Å². The maximum absolute atomic E-state index is 12.7. The number of hydrogen-bond acceptors (Lipinski definition) is 4. The van der Waals surface area contributed by atoms with E-state index in [0.29, 0.717) is 19.5 Å². The largest absolute Gasteiger partial charge is 0.342 e. The Hall–Kier alpha value is -2.70. The lowest BCUT2D eigenvalue weighted by Crippen LogP contribution is -2.36. The Balaban J connectivity index is 1.68. The number of likely N-dealkylation sites (tertiary alicyclic amines) is 1. The Labute approximate surface area is 147 Å². The molecule has 7 heteroatoms. The smallest absolute Gasteiger partial charge is 0.228 e. The van der Waals surface area contributed by atoms with Crippen LogP contribution in [0.3, 0.4) is 0 Å². The van der Waals surface area contributed by atoms with Gasteiger partial charge in [-0.05, 0) is 31.5 Å². The van der Waals surface area contributed by atoms with Crippen LogP contribution in [-0.2, 0) is 9.59 Å². The second kappa shape index (κ2) is 7.04. The highest BCUT2D eigenvalue weighted by atomic mass is 16.2. The topological polar surface area (TPSA) is 71.3 Å². The van der Waals surface area contributed by atoms with E-state index in [9.17, 15) is 9.59 Å². The summed E-state index contributed by atoms with van der Waals surface area (Å²) in [5.74, 6) is -0.148. The molecule has 0 unspecified atom stereocenters. The molecule has 3 rings (SSSR count). The summed E-state index contributed by atoms with van der Waals surface area (Å²) in [6, 6.07) is 7.82. The highest BCUT2D eigenvalue weighted by molar-refractivity contribution is 5.89. The van der Waals surface area contributed by atoms with Gasteiger partial charge in [-0.3, -0.25) is 9.59 Å². The summed E-state index contributed by atoms with van der Waals surface area (Å²) < 4.78 is 1.69. The predicted molar refractivity (Wildman–Crippen MR) is 92.9 cm³/mol. The van der Waals surface area contributed by atoms with Gasteiger partial charge in [0.2, 0.25) is 11.8 Å². The van der Waals surface area contributed by atoms with Crippen LogP contribution < -0.4 is 0 Å². The number of rotatable bonds is 5. The molecule has 0 aliphatic carbocycles. The van der Waals surface area contributed by atoms with E-state index in [1.54, 1.807) is 27.9 Å². The molecule has 2 atom stereocenters. The molecular formula is C18H23N5O2. The number of nitrogens with zero attached hydrogens (tertiary/aromatic N) is 5. The lowest BCUT2D eigenvalue weighted by Gasteiger charge is -2.28. The van der Waals surface area contributed by atoms with Crippen LogP contribution in [0, 0.1) is 5.92 Å². The summed E-state index contributed by atoms with van der Waals surface area (Å²) >= 11 is 0. The first-order chi connectivity index (χ1) is 12.0. The molecule has 1 saturated heterocycles. The molecule has 1 aliphatic heterocycles. The van der Waals surface area contributed by atoms with Gasteiger partial charge in [0.25, 0.3) is 0 Å². The molecule has 2 heterocycles. The van der Waals surface area contributed by atoms with E-state index in [2.05, 4.69) is 10.1 Å². The number of benzene rings is 1. The standard InChI is InChI=1S/C18H23N5O2/c1-4-22-10-15(9-17(22)24)18(25)21(3)13(2)14-5-7-16(8-6-14)23-12-19-11-20-23/h5-8,11-13,15H,4,9-10H2,1-3H3/t13-,15+/m0/s1. The van der Waals surface area contributed by atoms with Crippen LogP contribution in [0.4, 0.5) is 0 Å². The second-order valence-corrected chi connectivity index (χ2v) is 6.39. The van der Waals surface area contributed by atoms with Crippen LogP contribution in [-0.4, -0.2) is 56.5 Å². The maximum atomic E-state index is 12.7. The minimum absolute atomic E-state index is 0.0251. The van der Waals surface area contributed by atoms with Crippen molar-refractivity contribution in [3.05, 3.63) is 42.5 Å². The molecule has 0 N–H and O–H groups in total. The summed E-state index contributed by atoms with van der Waals surface area (Å²) in [4.78, 5) is 32.0. The highest BCUT2D eigenvalue weighted by Gasteiger charge is 2.36. The quantitative estimate of drug-likeness (QED) is 0.829. The lowest BCUT2D eigenvalue weighted by molar-refractivity contribution is -0.136. The van der Waals surface area contributed by atoms with E-state index in [0.717, 1.165) is 11.3 Å². The molecule has 7 nitrogen and oxygen atoms in total. The molecule has 132 valence electrons. The molecule has 1 aromatic heterocycles. The Bertz CT molecular complexity index is 741. The third kappa shape index (κ3) is 3.40. The normalized spacial score (nSPS) is 18.4. The molecule has 1 aromatic carbocycles. The number of carbonyl (C=O) groups excluding carboxylic acids is 2. The van der Waals surface area contributed by atoms with Crippen LogP contribution in [0.1, 0.15) is 31.9 Å². The average Bonchev–Trinajstić information content (AvgIpc) is 3.29. The van der Waals surface area contributed by atoms with Gasteiger partial charge < -0.3 is 9.80 Å². The monoisotopic (exact) mass is 341 g/mol. The SMILES string of the molecule is CCN1C[C@H](C(=O)N(C)[C@@H](C)c2ccc(-n3cncn3)cc2)CC1=O. The fourth-order valence-corrected chi connectivity index (χ4v) is 3.19. The van der Waals surface area contributed by atoms with Crippen molar-refractivity contribution >= 4 is 11.8 Å². The molecule has 1 aliphatic rings. The first-order valence-electron chi connectivity index (χ1n) is 8.50. The number of amides is 2. The van der Waals surface area contributed by atoms with Crippen LogP contribution in [0.2, 0.25) is 0 Å². The van der Waals surface area contributed by atoms with Crippen molar-refractivity contribution in [2.75, 3.05) is 20.1 Å². The van der Waals surface area contributed by atoms with E-state index in [1.165, 1.54) is 6.33 Å². The first-order valence-corrected chi connectivity index (χ1v) is 8.50. The van der Waals surface area contributed by atoms with Crippen LogP contribution in [0.5, 0.6) is 0 Å². The van der Waals surface area contributed by atoms with Gasteiger partial charge in [0.05, 0.1) is 17.6 Å². The fraction of sp³-hybridized carbons (Fsp3) is 0.444. The molecular weight excluding hydrogens is 318 g/mol. The van der Waals surface area contributed by atoms with Gasteiger partial charge in [0, 0.05) is 26.6 Å². The van der Waals surface area contributed by atoms with Gasteiger partial charge in [-0.1, -0.05) is 12.1 Å². The van der Waals surface area contributed by atoms with E-state index in [-0.39, 0.29) is 23.8 Å². The number of aromatic nitrogens is 3. The third-order valence-electron chi connectivity index (χ3n) is 4.93. The second-order valence-electron chi connectivity index (χ2n) is 6.39. The van der Waals surface area contributed by atoms with Crippen molar-refractivity contribution in [3.8, 4) is 5.69 Å². The minimum Gasteiger partial charge on any atom is -0.342 e. The molecule has 0 spiro atoms. The summed E-state index contributed by atoms with van der Waals surface area (Å²) in [5.41, 5.74) is 1.96.